The van der Waals surface area contributed by atoms with Crippen molar-refractivity contribution in [1.29, 1.82) is 0 Å². The lowest BCUT2D eigenvalue weighted by atomic mass is 9.67. The average molecular weight is 314 g/mol. The Morgan fingerprint density at radius 1 is 1.26 bits per heavy atom. The standard InChI is InChI=1S/C18H22N2O3/c21-16(20(23)15-4-5-15)13-2-3-14-11-18(8-6-12(14)10-13)7-1-9-19-17(18)22/h2-3,10,15,23H,1,4-9,11H2,(H,19,22)/t18-/m0/s1. The first-order chi connectivity index (χ1) is 11.1. The van der Waals surface area contributed by atoms with Gasteiger partial charge in [0, 0.05) is 12.1 Å². The second-order valence-corrected chi connectivity index (χ2v) is 7.18. The molecule has 3 aliphatic rings. The van der Waals surface area contributed by atoms with Crippen molar-refractivity contribution in [2.75, 3.05) is 6.54 Å². The Balaban J connectivity index is 1.57. The number of hydroxylamine groups is 2. The van der Waals surface area contributed by atoms with Crippen LogP contribution in [-0.2, 0) is 17.6 Å². The van der Waals surface area contributed by atoms with Gasteiger partial charge in [-0.2, -0.15) is 0 Å². The number of benzene rings is 1. The molecule has 4 rings (SSSR count). The summed E-state index contributed by atoms with van der Waals surface area (Å²) in [5.41, 5.74) is 2.60. The Morgan fingerprint density at radius 3 is 2.83 bits per heavy atom. The number of carbonyl (C=O) groups is 2. The van der Waals surface area contributed by atoms with Gasteiger partial charge in [-0.05, 0) is 68.2 Å². The molecule has 1 aliphatic heterocycles. The van der Waals surface area contributed by atoms with Crippen molar-refractivity contribution in [3.63, 3.8) is 0 Å². The fraction of sp³-hybridized carbons (Fsp3) is 0.556. The highest BCUT2D eigenvalue weighted by Crippen LogP contribution is 2.41. The molecule has 0 bridgehead atoms. The summed E-state index contributed by atoms with van der Waals surface area (Å²) in [5.74, 6) is -0.129. The van der Waals surface area contributed by atoms with Crippen molar-refractivity contribution < 1.29 is 14.8 Å². The molecule has 23 heavy (non-hydrogen) atoms. The lowest BCUT2D eigenvalue weighted by Crippen LogP contribution is -2.48. The molecule has 2 amide bonds. The number of fused-ring (bicyclic) bond motifs is 1. The Kier molecular flexibility index (Phi) is 3.41. The number of hydrogen-bond donors (Lipinski definition) is 2. The van der Waals surface area contributed by atoms with Gasteiger partial charge in [-0.25, -0.2) is 5.06 Å². The Labute approximate surface area is 135 Å². The third-order valence-corrected chi connectivity index (χ3v) is 5.56. The molecule has 0 aromatic heterocycles. The molecule has 1 heterocycles. The fourth-order valence-corrected chi connectivity index (χ4v) is 3.95. The van der Waals surface area contributed by atoms with Crippen molar-refractivity contribution in [2.45, 2.75) is 51.0 Å². The Morgan fingerprint density at radius 2 is 2.09 bits per heavy atom. The van der Waals surface area contributed by atoms with Gasteiger partial charge < -0.3 is 5.32 Å². The van der Waals surface area contributed by atoms with Crippen LogP contribution in [-0.4, -0.2) is 34.7 Å². The molecule has 1 aromatic rings. The number of aryl methyl sites for hydroxylation is 1. The van der Waals surface area contributed by atoms with E-state index in [1.165, 1.54) is 5.56 Å². The first-order valence-corrected chi connectivity index (χ1v) is 8.52. The number of piperidine rings is 1. The van der Waals surface area contributed by atoms with E-state index in [1.807, 2.05) is 12.1 Å². The Bertz CT molecular complexity index is 668. The van der Waals surface area contributed by atoms with Gasteiger partial charge in [0.25, 0.3) is 5.91 Å². The van der Waals surface area contributed by atoms with Gasteiger partial charge in [0.1, 0.15) is 0 Å². The molecule has 2 N–H and O–H groups in total. The summed E-state index contributed by atoms with van der Waals surface area (Å²) in [4.78, 5) is 24.6. The van der Waals surface area contributed by atoms with Crippen LogP contribution in [0.4, 0.5) is 0 Å². The van der Waals surface area contributed by atoms with Crippen LogP contribution in [0.3, 0.4) is 0 Å². The molecule has 0 radical (unpaired) electrons. The predicted molar refractivity (Wildman–Crippen MR) is 84.1 cm³/mol. The second kappa shape index (κ2) is 5.34. The van der Waals surface area contributed by atoms with E-state index in [0.717, 1.165) is 62.1 Å². The summed E-state index contributed by atoms with van der Waals surface area (Å²) in [7, 11) is 0. The van der Waals surface area contributed by atoms with E-state index in [9.17, 15) is 14.8 Å². The lowest BCUT2D eigenvalue weighted by molar-refractivity contribution is -0.134. The highest BCUT2D eigenvalue weighted by atomic mass is 16.5. The van der Waals surface area contributed by atoms with E-state index in [4.69, 9.17) is 0 Å². The minimum absolute atomic E-state index is 0.00673. The van der Waals surface area contributed by atoms with E-state index in [1.54, 1.807) is 6.07 Å². The van der Waals surface area contributed by atoms with Gasteiger partial charge in [-0.15, -0.1) is 0 Å². The van der Waals surface area contributed by atoms with Gasteiger partial charge in [-0.3, -0.25) is 14.8 Å². The van der Waals surface area contributed by atoms with Crippen LogP contribution in [0.1, 0.15) is 53.6 Å². The molecule has 1 atom stereocenters. The van der Waals surface area contributed by atoms with Crippen molar-refractivity contribution >= 4 is 11.8 Å². The molecular weight excluding hydrogens is 292 g/mol. The summed E-state index contributed by atoms with van der Waals surface area (Å²) >= 11 is 0. The molecular formula is C18H22N2O3. The molecule has 5 nitrogen and oxygen atoms in total. The van der Waals surface area contributed by atoms with E-state index >= 15 is 0 Å². The largest absolute Gasteiger partial charge is 0.356 e. The molecule has 5 heteroatoms. The van der Waals surface area contributed by atoms with Crippen molar-refractivity contribution in [3.8, 4) is 0 Å². The summed E-state index contributed by atoms with van der Waals surface area (Å²) in [6.45, 7) is 0.786. The maximum Gasteiger partial charge on any atom is 0.277 e. The zero-order valence-electron chi connectivity index (χ0n) is 13.2. The number of rotatable bonds is 2. The van der Waals surface area contributed by atoms with Crippen LogP contribution in [0.2, 0.25) is 0 Å². The molecule has 122 valence electrons. The third-order valence-electron chi connectivity index (χ3n) is 5.56. The summed E-state index contributed by atoms with van der Waals surface area (Å²) in [6, 6.07) is 5.64. The zero-order chi connectivity index (χ0) is 16.0. The number of carbonyl (C=O) groups excluding carboxylic acids is 2. The number of amides is 2. The molecule has 1 aromatic carbocycles. The minimum atomic E-state index is -0.314. The molecule has 2 aliphatic carbocycles. The zero-order valence-corrected chi connectivity index (χ0v) is 13.2. The Hall–Kier alpha value is -1.88. The lowest BCUT2D eigenvalue weighted by Gasteiger charge is -2.40. The van der Waals surface area contributed by atoms with Gasteiger partial charge in [-0.1, -0.05) is 6.07 Å². The molecule has 1 spiro atoms. The number of nitrogens with one attached hydrogen (secondary N) is 1. The van der Waals surface area contributed by atoms with Crippen molar-refractivity contribution in [1.82, 2.24) is 10.4 Å². The summed E-state index contributed by atoms with van der Waals surface area (Å²) in [6.07, 6.45) is 6.17. The summed E-state index contributed by atoms with van der Waals surface area (Å²) < 4.78 is 0. The monoisotopic (exact) mass is 314 g/mol. The van der Waals surface area contributed by atoms with E-state index in [-0.39, 0.29) is 23.3 Å². The van der Waals surface area contributed by atoms with Gasteiger partial charge in [0.05, 0.1) is 11.5 Å². The smallest absolute Gasteiger partial charge is 0.277 e. The van der Waals surface area contributed by atoms with Gasteiger partial charge in [0.2, 0.25) is 5.91 Å². The van der Waals surface area contributed by atoms with Gasteiger partial charge >= 0.3 is 0 Å². The first-order valence-electron chi connectivity index (χ1n) is 8.52. The topological polar surface area (TPSA) is 69.6 Å². The SMILES string of the molecule is O=C(c1ccc2c(c1)CC[C@@]1(CCCNC1=O)C2)N(O)C1CC1. The highest BCUT2D eigenvalue weighted by Gasteiger charge is 2.42. The van der Waals surface area contributed by atoms with Crippen molar-refractivity contribution in [2.24, 2.45) is 5.41 Å². The third kappa shape index (κ3) is 2.53. The first kappa shape index (κ1) is 14.7. The number of nitrogens with zero attached hydrogens (tertiary/aromatic N) is 1. The summed E-state index contributed by atoms with van der Waals surface area (Å²) in [5, 5.41) is 13.8. The molecule has 0 unspecified atom stereocenters. The van der Waals surface area contributed by atoms with E-state index in [2.05, 4.69) is 5.32 Å². The molecule has 2 fully saturated rings. The normalized spacial score (nSPS) is 26.6. The number of hydrogen-bond acceptors (Lipinski definition) is 3. The average Bonchev–Trinajstić information content (AvgIpc) is 3.41. The molecule has 1 saturated carbocycles. The van der Waals surface area contributed by atoms with Crippen LogP contribution < -0.4 is 5.32 Å². The second-order valence-electron chi connectivity index (χ2n) is 7.18. The fourth-order valence-electron chi connectivity index (χ4n) is 3.95. The van der Waals surface area contributed by atoms with Crippen LogP contribution in [0.5, 0.6) is 0 Å². The maximum absolute atomic E-state index is 12.3. The van der Waals surface area contributed by atoms with Gasteiger partial charge in [0.15, 0.2) is 0 Å². The van der Waals surface area contributed by atoms with Crippen LogP contribution >= 0.6 is 0 Å². The quantitative estimate of drug-likeness (QED) is 0.648. The van der Waals surface area contributed by atoms with Crippen LogP contribution in [0.25, 0.3) is 0 Å². The maximum atomic E-state index is 12.3. The van der Waals surface area contributed by atoms with Crippen LogP contribution in [0.15, 0.2) is 18.2 Å². The predicted octanol–water partition coefficient (Wildman–Crippen LogP) is 2.07. The van der Waals surface area contributed by atoms with E-state index in [0.29, 0.717) is 5.56 Å². The molecule has 1 saturated heterocycles. The highest BCUT2D eigenvalue weighted by molar-refractivity contribution is 5.94. The van der Waals surface area contributed by atoms with Crippen LogP contribution in [0, 0.1) is 5.41 Å². The minimum Gasteiger partial charge on any atom is -0.356 e. The van der Waals surface area contributed by atoms with E-state index < -0.39 is 0 Å². The van der Waals surface area contributed by atoms with Crippen molar-refractivity contribution in [3.05, 3.63) is 34.9 Å².